The number of carbonyl (C=O) groups is 3. The molecular formula is C23H24F3NO7. The predicted octanol–water partition coefficient (Wildman–Crippen LogP) is 4.05. The number of ether oxygens (including phenoxy) is 3. The number of benzene rings is 2. The zero-order valence-electron chi connectivity index (χ0n) is 18.5. The number of hydrogen-bond donors (Lipinski definition) is 2. The normalized spacial score (nSPS) is 11.0. The number of halogens is 3. The zero-order chi connectivity index (χ0) is 25.3. The Morgan fingerprint density at radius 2 is 1.76 bits per heavy atom. The number of ketones is 1. The fourth-order valence-corrected chi connectivity index (χ4v) is 2.91. The Kier molecular flexibility index (Phi) is 9.28. The Morgan fingerprint density at radius 3 is 2.41 bits per heavy atom. The second kappa shape index (κ2) is 11.9. The molecule has 11 heteroatoms. The Balaban J connectivity index is 1.94. The van der Waals surface area contributed by atoms with Gasteiger partial charge >= 0.3 is 18.1 Å². The van der Waals surface area contributed by atoms with Crippen LogP contribution in [0.15, 0.2) is 36.4 Å². The average molecular weight is 483 g/mol. The summed E-state index contributed by atoms with van der Waals surface area (Å²) in [5.41, 5.74) is 0.159. The van der Waals surface area contributed by atoms with Gasteiger partial charge in [0.25, 0.3) is 0 Å². The van der Waals surface area contributed by atoms with E-state index in [9.17, 15) is 32.7 Å². The monoisotopic (exact) mass is 483 g/mol. The number of aromatic hydroxyl groups is 1. The van der Waals surface area contributed by atoms with Crippen molar-refractivity contribution < 1.29 is 46.9 Å². The van der Waals surface area contributed by atoms with Gasteiger partial charge in [0.15, 0.2) is 5.78 Å². The van der Waals surface area contributed by atoms with Gasteiger partial charge in [0.05, 0.1) is 25.9 Å². The molecule has 1 amide bonds. The number of Topliss-reactive ketones (excluding diaryl/α,β-unsaturated/α-hetero) is 1. The number of rotatable bonds is 10. The van der Waals surface area contributed by atoms with Gasteiger partial charge in [-0.25, -0.2) is 4.79 Å². The van der Waals surface area contributed by atoms with Gasteiger partial charge in [0, 0.05) is 30.2 Å². The topological polar surface area (TPSA) is 111 Å². The lowest BCUT2D eigenvalue weighted by Gasteiger charge is -2.16. The van der Waals surface area contributed by atoms with Crippen LogP contribution in [0.4, 0.5) is 18.9 Å². The molecular weight excluding hydrogens is 459 g/mol. The highest BCUT2D eigenvalue weighted by Gasteiger charge is 2.28. The third kappa shape index (κ3) is 7.98. The fourth-order valence-electron chi connectivity index (χ4n) is 2.91. The van der Waals surface area contributed by atoms with Gasteiger partial charge in [0.2, 0.25) is 0 Å². The zero-order valence-corrected chi connectivity index (χ0v) is 18.5. The first-order valence-corrected chi connectivity index (χ1v) is 10.2. The highest BCUT2D eigenvalue weighted by molar-refractivity contribution is 6.37. The van der Waals surface area contributed by atoms with E-state index in [0.29, 0.717) is 17.9 Å². The van der Waals surface area contributed by atoms with Gasteiger partial charge < -0.3 is 24.6 Å². The molecule has 0 aliphatic rings. The van der Waals surface area contributed by atoms with Crippen LogP contribution in [0.2, 0.25) is 0 Å². The van der Waals surface area contributed by atoms with Crippen LogP contribution in [0, 0.1) is 0 Å². The lowest BCUT2D eigenvalue weighted by atomic mass is 10.0. The molecule has 0 heterocycles. The van der Waals surface area contributed by atoms with Gasteiger partial charge in [-0.1, -0.05) is 6.07 Å². The fraction of sp³-hybridized carbons (Fsp3) is 0.348. The van der Waals surface area contributed by atoms with Crippen molar-refractivity contribution in [2.45, 2.75) is 32.4 Å². The van der Waals surface area contributed by atoms with E-state index in [2.05, 4.69) is 10.1 Å². The number of alkyl halides is 3. The largest absolute Gasteiger partial charge is 0.507 e. The van der Waals surface area contributed by atoms with E-state index in [4.69, 9.17) is 9.47 Å². The summed E-state index contributed by atoms with van der Waals surface area (Å²) >= 11 is 0. The number of methoxy groups -OCH3 is 1. The number of esters is 1. The van der Waals surface area contributed by atoms with Crippen molar-refractivity contribution in [2.24, 2.45) is 0 Å². The summed E-state index contributed by atoms with van der Waals surface area (Å²) < 4.78 is 53.5. The molecule has 0 fully saturated rings. The minimum atomic E-state index is -4.44. The van der Waals surface area contributed by atoms with Crippen molar-refractivity contribution in [3.63, 3.8) is 0 Å². The number of phenolic OH excluding ortho intramolecular Hbond substituents is 1. The molecule has 0 unspecified atom stereocenters. The quantitative estimate of drug-likeness (QED) is 0.227. The number of anilines is 1. The van der Waals surface area contributed by atoms with E-state index in [1.807, 2.05) is 0 Å². The van der Waals surface area contributed by atoms with Crippen LogP contribution >= 0.6 is 0 Å². The molecule has 2 aromatic carbocycles. The van der Waals surface area contributed by atoms with E-state index in [1.54, 1.807) is 18.2 Å². The van der Waals surface area contributed by atoms with Crippen molar-refractivity contribution in [3.05, 3.63) is 47.5 Å². The molecule has 0 spiro atoms. The van der Waals surface area contributed by atoms with Crippen LogP contribution in [-0.4, -0.2) is 49.3 Å². The van der Waals surface area contributed by atoms with E-state index < -0.39 is 42.4 Å². The number of amides is 1. The molecule has 0 aromatic heterocycles. The molecule has 2 N–H and O–H groups in total. The van der Waals surface area contributed by atoms with Gasteiger partial charge in [0.1, 0.15) is 17.2 Å². The second-order valence-electron chi connectivity index (χ2n) is 7.13. The summed E-state index contributed by atoms with van der Waals surface area (Å²) in [5.74, 6) is -2.52. The first-order chi connectivity index (χ1) is 16.0. The molecule has 2 rings (SSSR count). The van der Waals surface area contributed by atoms with Crippen LogP contribution in [0.5, 0.6) is 17.2 Å². The molecule has 184 valence electrons. The number of nitrogens with one attached hydrogen (secondary N) is 1. The molecule has 0 radical (unpaired) electrons. The molecule has 34 heavy (non-hydrogen) atoms. The molecule has 0 saturated carbocycles. The van der Waals surface area contributed by atoms with E-state index in [-0.39, 0.29) is 30.1 Å². The van der Waals surface area contributed by atoms with Crippen LogP contribution in [0.25, 0.3) is 0 Å². The predicted molar refractivity (Wildman–Crippen MR) is 115 cm³/mol. The first kappa shape index (κ1) is 26.5. The summed E-state index contributed by atoms with van der Waals surface area (Å²) in [6.07, 6.45) is -5.81. The number of hydrogen-bond acceptors (Lipinski definition) is 7. The van der Waals surface area contributed by atoms with Crippen molar-refractivity contribution in [1.29, 1.82) is 0 Å². The third-order valence-corrected chi connectivity index (χ3v) is 4.56. The van der Waals surface area contributed by atoms with Gasteiger partial charge in [-0.3, -0.25) is 9.59 Å². The maximum atomic E-state index is 12.7. The minimum Gasteiger partial charge on any atom is -0.507 e. The van der Waals surface area contributed by atoms with Crippen LogP contribution in [-0.2, 0) is 20.7 Å². The summed E-state index contributed by atoms with van der Waals surface area (Å²) in [6, 6.07) is 8.94. The van der Waals surface area contributed by atoms with Crippen molar-refractivity contribution >= 4 is 23.3 Å². The second-order valence-corrected chi connectivity index (χ2v) is 7.13. The molecule has 0 atom stereocenters. The summed E-state index contributed by atoms with van der Waals surface area (Å²) in [6.45, 7) is 1.44. The molecule has 0 aliphatic heterocycles. The van der Waals surface area contributed by atoms with Gasteiger partial charge in [-0.2, -0.15) is 13.2 Å². The number of carbonyl (C=O) groups excluding carboxylic acids is 3. The number of phenols is 1. The first-order valence-electron chi connectivity index (χ1n) is 10.2. The molecule has 2 aromatic rings. The Bertz CT molecular complexity index is 1040. The minimum absolute atomic E-state index is 0.0549. The van der Waals surface area contributed by atoms with Crippen LogP contribution in [0.3, 0.4) is 0 Å². The summed E-state index contributed by atoms with van der Waals surface area (Å²) in [7, 11) is 1.09. The Labute approximate surface area is 193 Å². The highest BCUT2D eigenvalue weighted by Crippen LogP contribution is 2.35. The standard InChI is InChI=1S/C23H24F3NO7/c1-14(28)17-7-8-19(18(20(17)29)9-10-23(24,25)26)34-12-4-11-33-16-6-3-5-15(13-16)27-21(30)22(31)32-2/h3,5-8,13,29H,4,9-12H2,1-2H3,(H,27,30). The Hall–Kier alpha value is -3.76. The van der Waals surface area contributed by atoms with Gasteiger partial charge in [-0.05, 0) is 37.6 Å². The van der Waals surface area contributed by atoms with Crippen molar-refractivity contribution in [1.82, 2.24) is 0 Å². The van der Waals surface area contributed by atoms with Crippen molar-refractivity contribution in [3.8, 4) is 17.2 Å². The Morgan fingerprint density at radius 1 is 1.06 bits per heavy atom. The van der Waals surface area contributed by atoms with Crippen molar-refractivity contribution in [2.75, 3.05) is 25.6 Å². The third-order valence-electron chi connectivity index (χ3n) is 4.56. The lowest BCUT2D eigenvalue weighted by molar-refractivity contribution is -0.150. The maximum Gasteiger partial charge on any atom is 0.396 e. The molecule has 0 saturated heterocycles. The maximum absolute atomic E-state index is 12.7. The summed E-state index contributed by atoms with van der Waals surface area (Å²) in [5, 5.41) is 12.6. The molecule has 8 nitrogen and oxygen atoms in total. The van der Waals surface area contributed by atoms with E-state index in [0.717, 1.165) is 7.11 Å². The van der Waals surface area contributed by atoms with Crippen LogP contribution < -0.4 is 14.8 Å². The molecule has 0 bridgehead atoms. The van der Waals surface area contributed by atoms with E-state index >= 15 is 0 Å². The highest BCUT2D eigenvalue weighted by atomic mass is 19.4. The molecule has 0 aliphatic carbocycles. The SMILES string of the molecule is COC(=O)C(=O)Nc1cccc(OCCCOc2ccc(C(C)=O)c(O)c2CCC(F)(F)F)c1. The van der Waals surface area contributed by atoms with E-state index in [1.165, 1.54) is 25.1 Å². The van der Waals surface area contributed by atoms with Gasteiger partial charge in [-0.15, -0.1) is 0 Å². The lowest BCUT2D eigenvalue weighted by Crippen LogP contribution is -2.23. The summed E-state index contributed by atoms with van der Waals surface area (Å²) in [4.78, 5) is 34.4. The average Bonchev–Trinajstić information content (AvgIpc) is 2.77. The van der Waals surface area contributed by atoms with Crippen LogP contribution in [0.1, 0.15) is 35.7 Å². The smallest absolute Gasteiger partial charge is 0.396 e.